The second kappa shape index (κ2) is 7.16. The second-order valence-electron chi connectivity index (χ2n) is 7.26. The van der Waals surface area contributed by atoms with E-state index in [-0.39, 0.29) is 11.9 Å². The molecule has 4 rings (SSSR count). The molecule has 2 aromatic heterocycles. The van der Waals surface area contributed by atoms with E-state index >= 15 is 0 Å². The van der Waals surface area contributed by atoms with Gasteiger partial charge in [-0.05, 0) is 62.0 Å². The summed E-state index contributed by atoms with van der Waals surface area (Å²) < 4.78 is 4.99. The number of ether oxygens (including phenoxy) is 1. The van der Waals surface area contributed by atoms with Crippen LogP contribution in [0.4, 0.5) is 5.00 Å². The first-order chi connectivity index (χ1) is 12.6. The molecular formula is C20H23NO3S2. The average Bonchev–Trinajstić information content (AvgIpc) is 3.21. The molecule has 138 valence electrons. The summed E-state index contributed by atoms with van der Waals surface area (Å²) >= 11 is 3.23. The molecule has 2 aliphatic rings. The Labute approximate surface area is 161 Å². The molecule has 1 amide bonds. The molecule has 0 aliphatic heterocycles. The number of carbonyl (C=O) groups excluding carboxylic acids is 2. The van der Waals surface area contributed by atoms with Crippen LogP contribution in [0, 0.1) is 5.92 Å². The summed E-state index contributed by atoms with van der Waals surface area (Å²) in [5, 5.41) is 5.66. The molecule has 1 atom stereocenters. The number of methoxy groups -OCH3 is 1. The third kappa shape index (κ3) is 3.09. The van der Waals surface area contributed by atoms with E-state index in [1.54, 1.807) is 11.3 Å². The molecule has 1 unspecified atom stereocenters. The summed E-state index contributed by atoms with van der Waals surface area (Å²) in [6.07, 6.45) is 7.24. The van der Waals surface area contributed by atoms with Crippen molar-refractivity contribution in [1.29, 1.82) is 0 Å². The second-order valence-corrected chi connectivity index (χ2v) is 9.33. The lowest BCUT2D eigenvalue weighted by atomic mass is 9.88. The minimum absolute atomic E-state index is 0.0965. The summed E-state index contributed by atoms with van der Waals surface area (Å²) in [7, 11) is 1.40. The average molecular weight is 390 g/mol. The summed E-state index contributed by atoms with van der Waals surface area (Å²) in [5.41, 5.74) is 3.62. The Kier molecular flexibility index (Phi) is 4.88. The third-order valence-corrected chi connectivity index (χ3v) is 7.69. The molecule has 0 fully saturated rings. The van der Waals surface area contributed by atoms with E-state index < -0.39 is 0 Å². The van der Waals surface area contributed by atoms with Crippen molar-refractivity contribution in [2.75, 3.05) is 12.4 Å². The summed E-state index contributed by atoms with van der Waals surface area (Å²) in [4.78, 5) is 27.9. The molecule has 2 aromatic rings. The van der Waals surface area contributed by atoms with Crippen LogP contribution in [0.25, 0.3) is 0 Å². The highest BCUT2D eigenvalue weighted by Crippen LogP contribution is 2.39. The van der Waals surface area contributed by atoms with Crippen molar-refractivity contribution < 1.29 is 14.3 Å². The van der Waals surface area contributed by atoms with Crippen molar-refractivity contribution in [3.63, 3.8) is 0 Å². The zero-order valence-corrected chi connectivity index (χ0v) is 16.8. The van der Waals surface area contributed by atoms with Crippen LogP contribution >= 0.6 is 22.7 Å². The molecule has 0 bridgehead atoms. The number of rotatable bonds is 3. The molecule has 0 spiro atoms. The quantitative estimate of drug-likeness (QED) is 0.763. The van der Waals surface area contributed by atoms with E-state index in [2.05, 4.69) is 12.2 Å². The van der Waals surface area contributed by atoms with Crippen molar-refractivity contribution in [3.8, 4) is 0 Å². The fourth-order valence-electron chi connectivity index (χ4n) is 4.01. The number of carbonyl (C=O) groups is 2. The van der Waals surface area contributed by atoms with Crippen LogP contribution in [0.3, 0.4) is 0 Å². The number of thiophene rings is 2. The number of hydrogen-bond acceptors (Lipinski definition) is 5. The van der Waals surface area contributed by atoms with Crippen LogP contribution < -0.4 is 5.32 Å². The number of amides is 1. The van der Waals surface area contributed by atoms with Crippen LogP contribution in [0.2, 0.25) is 0 Å². The Balaban J connectivity index is 1.64. The van der Waals surface area contributed by atoms with Gasteiger partial charge in [0.2, 0.25) is 0 Å². The van der Waals surface area contributed by atoms with Crippen LogP contribution in [0.5, 0.6) is 0 Å². The maximum atomic E-state index is 13.0. The van der Waals surface area contributed by atoms with Gasteiger partial charge in [0.05, 0.1) is 18.2 Å². The molecule has 0 radical (unpaired) electrons. The number of anilines is 1. The van der Waals surface area contributed by atoms with E-state index in [4.69, 9.17) is 4.74 Å². The van der Waals surface area contributed by atoms with E-state index in [1.807, 2.05) is 5.38 Å². The predicted molar refractivity (Wildman–Crippen MR) is 106 cm³/mol. The fraction of sp³-hybridized carbons (Fsp3) is 0.500. The van der Waals surface area contributed by atoms with Crippen molar-refractivity contribution >= 4 is 39.6 Å². The zero-order chi connectivity index (χ0) is 18.3. The first-order valence-corrected chi connectivity index (χ1v) is 10.9. The molecule has 0 saturated heterocycles. The van der Waals surface area contributed by atoms with E-state index in [0.717, 1.165) is 56.1 Å². The lowest BCUT2D eigenvalue weighted by molar-refractivity contribution is 0.0601. The Morgan fingerprint density at radius 2 is 1.96 bits per heavy atom. The molecular weight excluding hydrogens is 366 g/mol. The Morgan fingerprint density at radius 1 is 1.15 bits per heavy atom. The minimum atomic E-state index is -0.346. The number of hydrogen-bond donors (Lipinski definition) is 1. The first-order valence-electron chi connectivity index (χ1n) is 9.22. The van der Waals surface area contributed by atoms with Crippen LogP contribution in [0.1, 0.15) is 67.8 Å². The van der Waals surface area contributed by atoms with Gasteiger partial charge in [-0.2, -0.15) is 0 Å². The lowest BCUT2D eigenvalue weighted by Crippen LogP contribution is -2.17. The Hall–Kier alpha value is -1.66. The summed E-state index contributed by atoms with van der Waals surface area (Å²) in [5.74, 6) is 0.244. The van der Waals surface area contributed by atoms with Crippen LogP contribution in [-0.2, 0) is 30.4 Å². The predicted octanol–water partition coefficient (Wildman–Crippen LogP) is 4.85. The highest BCUT2D eigenvalue weighted by molar-refractivity contribution is 7.17. The molecule has 4 nitrogen and oxygen atoms in total. The minimum Gasteiger partial charge on any atom is -0.465 e. The summed E-state index contributed by atoms with van der Waals surface area (Å²) in [6, 6.07) is 0. The molecule has 26 heavy (non-hydrogen) atoms. The third-order valence-electron chi connectivity index (χ3n) is 5.43. The van der Waals surface area contributed by atoms with E-state index in [1.165, 1.54) is 33.8 Å². The van der Waals surface area contributed by atoms with E-state index in [9.17, 15) is 9.59 Å². The monoisotopic (exact) mass is 389 g/mol. The van der Waals surface area contributed by atoms with Gasteiger partial charge >= 0.3 is 5.97 Å². The number of fused-ring (bicyclic) bond motifs is 2. The van der Waals surface area contributed by atoms with Crippen LogP contribution in [0.15, 0.2) is 5.38 Å². The largest absolute Gasteiger partial charge is 0.465 e. The molecule has 2 heterocycles. The number of esters is 1. The maximum absolute atomic E-state index is 13.0. The van der Waals surface area contributed by atoms with Gasteiger partial charge in [-0.1, -0.05) is 6.92 Å². The highest BCUT2D eigenvalue weighted by atomic mass is 32.1. The molecule has 2 aliphatic carbocycles. The van der Waals surface area contributed by atoms with Crippen molar-refractivity contribution in [2.45, 2.75) is 51.9 Å². The highest BCUT2D eigenvalue weighted by Gasteiger charge is 2.29. The van der Waals surface area contributed by atoms with Gasteiger partial charge in [-0.15, -0.1) is 22.7 Å². The smallest absolute Gasteiger partial charge is 0.341 e. The van der Waals surface area contributed by atoms with Gasteiger partial charge < -0.3 is 10.1 Å². The fourth-order valence-corrected chi connectivity index (χ4v) is 6.53. The van der Waals surface area contributed by atoms with E-state index in [0.29, 0.717) is 16.5 Å². The number of aryl methyl sites for hydroxylation is 1. The van der Waals surface area contributed by atoms with Crippen molar-refractivity contribution in [2.24, 2.45) is 5.92 Å². The SMILES string of the molecule is COC(=O)c1c(NC(=O)c2csc3c2CCC(C)C3)sc2c1CCCC2. The van der Waals surface area contributed by atoms with Gasteiger partial charge in [-0.3, -0.25) is 4.79 Å². The lowest BCUT2D eigenvalue weighted by Gasteiger charge is -2.18. The molecule has 0 saturated carbocycles. The molecule has 6 heteroatoms. The standard InChI is InChI=1S/C20H23NO3S2/c1-11-7-8-12-14(10-25-16(12)9-11)18(22)21-19-17(20(23)24-2)13-5-3-4-6-15(13)26-19/h10-11H,3-9H2,1-2H3,(H,21,22). The van der Waals surface area contributed by atoms with Gasteiger partial charge in [0, 0.05) is 15.1 Å². The van der Waals surface area contributed by atoms with Gasteiger partial charge in [-0.25, -0.2) is 4.79 Å². The normalized spacial score (nSPS) is 18.8. The number of nitrogens with one attached hydrogen (secondary N) is 1. The first kappa shape index (κ1) is 17.7. The van der Waals surface area contributed by atoms with Gasteiger partial charge in [0.15, 0.2) is 0 Å². The Bertz CT molecular complexity index is 865. The van der Waals surface area contributed by atoms with Crippen molar-refractivity contribution in [1.82, 2.24) is 0 Å². The van der Waals surface area contributed by atoms with Gasteiger partial charge in [0.1, 0.15) is 5.00 Å². The molecule has 0 aromatic carbocycles. The Morgan fingerprint density at radius 3 is 2.77 bits per heavy atom. The summed E-state index contributed by atoms with van der Waals surface area (Å²) in [6.45, 7) is 2.27. The maximum Gasteiger partial charge on any atom is 0.341 e. The topological polar surface area (TPSA) is 55.4 Å². The van der Waals surface area contributed by atoms with Gasteiger partial charge in [0.25, 0.3) is 5.91 Å². The molecule has 1 N–H and O–H groups in total. The zero-order valence-electron chi connectivity index (χ0n) is 15.1. The van der Waals surface area contributed by atoms with Crippen LogP contribution in [-0.4, -0.2) is 19.0 Å². The van der Waals surface area contributed by atoms with Crippen molar-refractivity contribution in [3.05, 3.63) is 37.4 Å².